The molecule has 3 heterocycles. The molecule has 1 aromatic heterocycles. The zero-order valence-electron chi connectivity index (χ0n) is 32.4. The number of anilines is 2. The molecule has 3 aliphatic rings. The third kappa shape index (κ3) is 7.97. The number of rotatable bonds is 12. The van der Waals surface area contributed by atoms with Gasteiger partial charge in [-0.1, -0.05) is 80.6 Å². The van der Waals surface area contributed by atoms with Crippen molar-refractivity contribution in [2.75, 3.05) is 56.0 Å². The second-order valence-electron chi connectivity index (χ2n) is 15.1. The number of hydrogen-bond donors (Lipinski definition) is 2. The lowest BCUT2D eigenvalue weighted by molar-refractivity contribution is -0.138. The Labute approximate surface area is 329 Å². The van der Waals surface area contributed by atoms with E-state index in [-0.39, 0.29) is 29.8 Å². The molecular weight excluding hydrogens is 699 g/mol. The molecule has 10 nitrogen and oxygen atoms in total. The summed E-state index contributed by atoms with van der Waals surface area (Å²) in [7, 11) is 0. The fourth-order valence-corrected chi connectivity index (χ4v) is 8.24. The largest absolute Gasteiger partial charge is 0.368 e. The summed E-state index contributed by atoms with van der Waals surface area (Å²) in [6.45, 7) is 9.64. The first-order valence-corrected chi connectivity index (χ1v) is 20.2. The lowest BCUT2D eigenvalue weighted by Gasteiger charge is -2.36. The van der Waals surface area contributed by atoms with Gasteiger partial charge in [-0.25, -0.2) is 4.98 Å². The molecule has 2 saturated heterocycles. The van der Waals surface area contributed by atoms with E-state index in [2.05, 4.69) is 70.3 Å². The molecule has 3 fully saturated rings. The molecule has 0 radical (unpaired) electrons. The number of nitrogens with zero attached hydrogens (tertiary/aromatic N) is 5. The number of likely N-dealkylation sites (N-methyl/N-ethyl adjacent to an activating group) is 1. The van der Waals surface area contributed by atoms with Crippen molar-refractivity contribution in [3.8, 4) is 22.4 Å². The summed E-state index contributed by atoms with van der Waals surface area (Å²) < 4.78 is 0. The van der Waals surface area contributed by atoms with Crippen LogP contribution in [0.25, 0.3) is 22.4 Å². The van der Waals surface area contributed by atoms with Crippen LogP contribution in [0.2, 0.25) is 0 Å². The van der Waals surface area contributed by atoms with Gasteiger partial charge in [-0.3, -0.25) is 19.3 Å². The molecular formula is C46H51N7O3. The topological polar surface area (TPSA) is 105 Å². The minimum absolute atomic E-state index is 0.0905. The van der Waals surface area contributed by atoms with Gasteiger partial charge in [0.2, 0.25) is 11.8 Å². The number of H-pyrrole nitrogens is 1. The predicted molar refractivity (Wildman–Crippen MR) is 221 cm³/mol. The van der Waals surface area contributed by atoms with E-state index in [1.165, 1.54) is 0 Å². The average molecular weight is 750 g/mol. The zero-order valence-corrected chi connectivity index (χ0v) is 32.4. The third-order valence-corrected chi connectivity index (χ3v) is 11.6. The molecule has 2 N–H and O–H groups in total. The fraction of sp³-hybridized carbons (Fsp3) is 0.348. The Hall–Kier alpha value is -5.74. The van der Waals surface area contributed by atoms with E-state index in [4.69, 9.17) is 4.98 Å². The number of nitrogens with one attached hydrogen (secondary N) is 2. The van der Waals surface area contributed by atoms with Gasteiger partial charge in [-0.05, 0) is 91.9 Å². The summed E-state index contributed by atoms with van der Waals surface area (Å²) in [6.07, 6.45) is 5.84. The maximum atomic E-state index is 14.2. The molecule has 1 saturated carbocycles. The van der Waals surface area contributed by atoms with Crippen LogP contribution in [0.15, 0.2) is 109 Å². The van der Waals surface area contributed by atoms with E-state index in [9.17, 15) is 14.4 Å². The summed E-state index contributed by atoms with van der Waals surface area (Å²) in [6, 6.07) is 33.6. The van der Waals surface area contributed by atoms with Gasteiger partial charge >= 0.3 is 0 Å². The molecule has 1 unspecified atom stereocenters. The van der Waals surface area contributed by atoms with Gasteiger partial charge in [0.05, 0.1) is 11.7 Å². The standard InChI is InChI=1S/C46H51N7O3/c1-3-50(4-2)42(35-9-6-5-7-10-35)46(56)53-26-8-11-41(53)43-47-31-40(49-43)34-14-12-32(13-15-34)33-18-22-38(23-19-33)48-44(54)36-20-24-39(25-21-36)51-27-29-52(30-28-51)45(55)37-16-17-37/h5-7,9-10,12-15,18-25,31,37,41-42H,3-4,8,11,16-17,26-30H2,1-2H3,(H,47,49)(H,48,54)/t41?,42-/m0/s1. The van der Waals surface area contributed by atoms with Crippen LogP contribution in [0.4, 0.5) is 11.4 Å². The van der Waals surface area contributed by atoms with Gasteiger partial charge in [0.15, 0.2) is 0 Å². The van der Waals surface area contributed by atoms with Crippen molar-refractivity contribution in [3.05, 3.63) is 126 Å². The van der Waals surface area contributed by atoms with Crippen molar-refractivity contribution in [2.24, 2.45) is 5.92 Å². The Morgan fingerprint density at radius 1 is 0.768 bits per heavy atom. The monoisotopic (exact) mass is 749 g/mol. The van der Waals surface area contributed by atoms with Crippen molar-refractivity contribution in [2.45, 2.75) is 51.6 Å². The Bertz CT molecular complexity index is 2120. The second kappa shape index (κ2) is 16.5. The van der Waals surface area contributed by atoms with Crippen LogP contribution >= 0.6 is 0 Å². The lowest BCUT2D eigenvalue weighted by atomic mass is 10.0. The average Bonchev–Trinajstić information content (AvgIpc) is 3.78. The normalized spacial score (nSPS) is 17.6. The minimum Gasteiger partial charge on any atom is -0.368 e. The van der Waals surface area contributed by atoms with Crippen LogP contribution in [0.3, 0.4) is 0 Å². The Balaban J connectivity index is 0.870. The summed E-state index contributed by atoms with van der Waals surface area (Å²) >= 11 is 0. The molecule has 8 rings (SSSR count). The van der Waals surface area contributed by atoms with Crippen molar-refractivity contribution < 1.29 is 14.4 Å². The van der Waals surface area contributed by atoms with Gasteiger partial charge < -0.3 is 25.0 Å². The van der Waals surface area contributed by atoms with Gasteiger partial charge in [-0.15, -0.1) is 0 Å². The number of amides is 3. The SMILES string of the molecule is CCN(CC)[C@H](C(=O)N1CCCC1c1nc(-c2ccc(-c3ccc(NC(=O)c4ccc(N5CCN(C(=O)C6CC6)CC5)cc4)cc3)cc2)c[nH]1)c1ccccc1. The third-order valence-electron chi connectivity index (χ3n) is 11.6. The maximum Gasteiger partial charge on any atom is 0.255 e. The number of carbonyl (C=O) groups excluding carboxylic acids is 3. The number of likely N-dealkylation sites (tertiary alicyclic amines) is 1. The number of hydrogen-bond acceptors (Lipinski definition) is 6. The molecule has 2 atom stereocenters. The number of imidazole rings is 1. The Morgan fingerprint density at radius 2 is 1.41 bits per heavy atom. The van der Waals surface area contributed by atoms with Crippen molar-refractivity contribution >= 4 is 29.1 Å². The van der Waals surface area contributed by atoms with E-state index in [1.54, 1.807) is 0 Å². The minimum atomic E-state index is -0.319. The van der Waals surface area contributed by atoms with Crippen LogP contribution in [-0.4, -0.2) is 88.2 Å². The van der Waals surface area contributed by atoms with Crippen molar-refractivity contribution in [3.63, 3.8) is 0 Å². The summed E-state index contributed by atoms with van der Waals surface area (Å²) in [5.74, 6) is 1.38. The molecule has 3 amide bonds. The molecule has 10 heteroatoms. The first-order chi connectivity index (χ1) is 27.4. The van der Waals surface area contributed by atoms with Crippen LogP contribution in [0.5, 0.6) is 0 Å². The highest BCUT2D eigenvalue weighted by Gasteiger charge is 2.38. The first kappa shape index (κ1) is 37.2. The van der Waals surface area contributed by atoms with E-state index in [0.29, 0.717) is 11.5 Å². The molecule has 56 heavy (non-hydrogen) atoms. The number of aromatic amines is 1. The number of benzene rings is 4. The number of carbonyl (C=O) groups is 3. The first-order valence-electron chi connectivity index (χ1n) is 20.2. The number of piperazine rings is 1. The molecule has 4 aromatic carbocycles. The van der Waals surface area contributed by atoms with Gasteiger partial charge in [0.25, 0.3) is 5.91 Å². The lowest BCUT2D eigenvalue weighted by Crippen LogP contribution is -2.49. The van der Waals surface area contributed by atoms with Gasteiger partial charge in [0.1, 0.15) is 11.9 Å². The molecule has 288 valence electrons. The highest BCUT2D eigenvalue weighted by molar-refractivity contribution is 6.04. The van der Waals surface area contributed by atoms with Crippen LogP contribution in [-0.2, 0) is 9.59 Å². The fourth-order valence-electron chi connectivity index (χ4n) is 8.24. The smallest absolute Gasteiger partial charge is 0.255 e. The highest BCUT2D eigenvalue weighted by Crippen LogP contribution is 2.36. The molecule has 0 spiro atoms. The van der Waals surface area contributed by atoms with Crippen molar-refractivity contribution in [1.29, 1.82) is 0 Å². The molecule has 1 aliphatic carbocycles. The van der Waals surface area contributed by atoms with Gasteiger partial charge in [-0.2, -0.15) is 0 Å². The van der Waals surface area contributed by atoms with E-state index < -0.39 is 0 Å². The van der Waals surface area contributed by atoms with Crippen LogP contribution in [0, 0.1) is 5.92 Å². The summed E-state index contributed by atoms with van der Waals surface area (Å²) in [5, 5.41) is 3.03. The quantitative estimate of drug-likeness (QED) is 0.135. The second-order valence-corrected chi connectivity index (χ2v) is 15.1. The highest BCUT2D eigenvalue weighted by atomic mass is 16.2. The molecule has 5 aromatic rings. The van der Waals surface area contributed by atoms with E-state index in [1.807, 2.05) is 82.7 Å². The van der Waals surface area contributed by atoms with Crippen LogP contribution < -0.4 is 10.2 Å². The Morgan fingerprint density at radius 3 is 2.05 bits per heavy atom. The maximum absolute atomic E-state index is 14.2. The predicted octanol–water partition coefficient (Wildman–Crippen LogP) is 7.80. The summed E-state index contributed by atoms with van der Waals surface area (Å²) in [5.41, 5.74) is 7.37. The Kier molecular flexibility index (Phi) is 11.0. The van der Waals surface area contributed by atoms with E-state index >= 15 is 0 Å². The van der Waals surface area contributed by atoms with E-state index in [0.717, 1.165) is 117 Å². The van der Waals surface area contributed by atoms with Crippen LogP contribution in [0.1, 0.15) is 73.4 Å². The molecule has 0 bridgehead atoms. The van der Waals surface area contributed by atoms with Gasteiger partial charge in [0, 0.05) is 67.3 Å². The summed E-state index contributed by atoms with van der Waals surface area (Å²) in [4.78, 5) is 56.6. The van der Waals surface area contributed by atoms with Crippen molar-refractivity contribution in [1.82, 2.24) is 24.7 Å². The molecule has 2 aliphatic heterocycles. The zero-order chi connectivity index (χ0) is 38.6. The number of aromatic nitrogens is 2.